The zero-order chi connectivity index (χ0) is 10.4. The summed E-state index contributed by atoms with van der Waals surface area (Å²) in [4.78, 5) is 15.2. The van der Waals surface area contributed by atoms with Crippen LogP contribution in [0.25, 0.3) is 0 Å². The van der Waals surface area contributed by atoms with Crippen molar-refractivity contribution < 1.29 is 4.79 Å². The van der Waals surface area contributed by atoms with Crippen molar-refractivity contribution in [1.29, 1.82) is 0 Å². The first-order chi connectivity index (χ1) is 6.72. The Labute approximate surface area is 91.0 Å². The Morgan fingerprint density at radius 2 is 2.36 bits per heavy atom. The summed E-state index contributed by atoms with van der Waals surface area (Å²) in [6, 6.07) is 3.57. The third-order valence-electron chi connectivity index (χ3n) is 1.62. The van der Waals surface area contributed by atoms with Crippen molar-refractivity contribution in [2.45, 2.75) is 12.8 Å². The van der Waals surface area contributed by atoms with Gasteiger partial charge in [0.1, 0.15) is 4.60 Å². The molecule has 0 spiro atoms. The number of halogens is 1. The number of pyridine rings is 1. The zero-order valence-corrected chi connectivity index (χ0v) is 9.25. The smallest absolute Gasteiger partial charge is 0.224 e. The number of hydrogen-bond donors (Lipinski definition) is 2. The SMILES string of the molecule is NCCCC(=O)Nc1ccc(Br)nc1. The summed E-state index contributed by atoms with van der Waals surface area (Å²) in [7, 11) is 0. The van der Waals surface area contributed by atoms with Crippen LogP contribution in [0.2, 0.25) is 0 Å². The lowest BCUT2D eigenvalue weighted by atomic mass is 10.3. The second kappa shape index (κ2) is 5.72. The highest BCUT2D eigenvalue weighted by molar-refractivity contribution is 9.10. The van der Waals surface area contributed by atoms with Gasteiger partial charge in [-0.15, -0.1) is 0 Å². The molecule has 0 fully saturated rings. The Hall–Kier alpha value is -0.940. The number of nitrogens with two attached hydrogens (primary N) is 1. The van der Waals surface area contributed by atoms with Crippen molar-refractivity contribution in [3.8, 4) is 0 Å². The minimum absolute atomic E-state index is 0.0282. The lowest BCUT2D eigenvalue weighted by molar-refractivity contribution is -0.116. The summed E-state index contributed by atoms with van der Waals surface area (Å²) in [5, 5.41) is 2.73. The van der Waals surface area contributed by atoms with Gasteiger partial charge in [0.15, 0.2) is 0 Å². The van der Waals surface area contributed by atoms with E-state index >= 15 is 0 Å². The van der Waals surface area contributed by atoms with Crippen molar-refractivity contribution in [3.63, 3.8) is 0 Å². The predicted molar refractivity (Wildman–Crippen MR) is 58.9 cm³/mol. The summed E-state index contributed by atoms with van der Waals surface area (Å²) in [5.74, 6) is -0.0282. The van der Waals surface area contributed by atoms with Crippen LogP contribution in [0, 0.1) is 0 Å². The average Bonchev–Trinajstić information content (AvgIpc) is 2.18. The molecule has 0 aliphatic rings. The molecule has 0 unspecified atom stereocenters. The van der Waals surface area contributed by atoms with E-state index in [0.29, 0.717) is 25.1 Å². The number of rotatable bonds is 4. The maximum atomic E-state index is 11.3. The van der Waals surface area contributed by atoms with Gasteiger partial charge < -0.3 is 11.1 Å². The van der Waals surface area contributed by atoms with Gasteiger partial charge in [0, 0.05) is 6.42 Å². The van der Waals surface area contributed by atoms with Crippen molar-refractivity contribution >= 4 is 27.5 Å². The number of carbonyl (C=O) groups is 1. The molecule has 1 heterocycles. The maximum absolute atomic E-state index is 11.3. The number of hydrogen-bond acceptors (Lipinski definition) is 3. The van der Waals surface area contributed by atoms with Gasteiger partial charge in [-0.3, -0.25) is 4.79 Å². The van der Waals surface area contributed by atoms with E-state index < -0.39 is 0 Å². The van der Waals surface area contributed by atoms with E-state index in [0.717, 1.165) is 4.60 Å². The van der Waals surface area contributed by atoms with E-state index in [-0.39, 0.29) is 5.91 Å². The molecule has 3 N–H and O–H groups in total. The molecule has 0 aromatic carbocycles. The molecule has 0 saturated heterocycles. The van der Waals surface area contributed by atoms with E-state index in [1.165, 1.54) is 0 Å². The Bertz CT molecular complexity index is 299. The molecule has 14 heavy (non-hydrogen) atoms. The van der Waals surface area contributed by atoms with Gasteiger partial charge in [0.2, 0.25) is 5.91 Å². The number of anilines is 1. The van der Waals surface area contributed by atoms with Crippen LogP contribution < -0.4 is 11.1 Å². The molecular formula is C9H12BrN3O. The van der Waals surface area contributed by atoms with Crippen molar-refractivity contribution in [1.82, 2.24) is 4.98 Å². The quantitative estimate of drug-likeness (QED) is 0.804. The molecule has 0 atom stereocenters. The molecule has 76 valence electrons. The molecular weight excluding hydrogens is 246 g/mol. The van der Waals surface area contributed by atoms with Crippen LogP contribution in [0.1, 0.15) is 12.8 Å². The van der Waals surface area contributed by atoms with Gasteiger partial charge in [-0.1, -0.05) is 0 Å². The summed E-state index contributed by atoms with van der Waals surface area (Å²) in [6.45, 7) is 0.534. The molecule has 4 nitrogen and oxygen atoms in total. The van der Waals surface area contributed by atoms with E-state index in [1.54, 1.807) is 18.3 Å². The third-order valence-corrected chi connectivity index (χ3v) is 2.09. The van der Waals surface area contributed by atoms with Gasteiger partial charge in [-0.05, 0) is 41.0 Å². The average molecular weight is 258 g/mol. The molecule has 1 aromatic heterocycles. The van der Waals surface area contributed by atoms with Gasteiger partial charge in [0.25, 0.3) is 0 Å². The van der Waals surface area contributed by atoms with Gasteiger partial charge in [0.05, 0.1) is 11.9 Å². The summed E-state index contributed by atoms with van der Waals surface area (Å²) < 4.78 is 0.748. The number of nitrogens with zero attached hydrogens (tertiary/aromatic N) is 1. The number of amides is 1. The molecule has 0 aliphatic carbocycles. The monoisotopic (exact) mass is 257 g/mol. The first-order valence-electron chi connectivity index (χ1n) is 4.34. The van der Waals surface area contributed by atoms with E-state index in [2.05, 4.69) is 26.2 Å². The molecule has 0 aliphatic heterocycles. The normalized spacial score (nSPS) is 9.86. The first-order valence-corrected chi connectivity index (χ1v) is 5.13. The molecule has 1 aromatic rings. The first kappa shape index (κ1) is 11.1. The van der Waals surface area contributed by atoms with E-state index in [1.807, 2.05) is 0 Å². The number of carbonyl (C=O) groups excluding carboxylic acids is 1. The van der Waals surface area contributed by atoms with Crippen LogP contribution >= 0.6 is 15.9 Å². The molecule has 0 bridgehead atoms. The van der Waals surface area contributed by atoms with Crippen LogP contribution in [-0.4, -0.2) is 17.4 Å². The second-order valence-corrected chi connectivity index (χ2v) is 3.62. The Balaban J connectivity index is 2.44. The number of nitrogens with one attached hydrogen (secondary N) is 1. The van der Waals surface area contributed by atoms with Crippen molar-refractivity contribution in [2.75, 3.05) is 11.9 Å². The lowest BCUT2D eigenvalue weighted by Gasteiger charge is -2.03. The van der Waals surface area contributed by atoms with E-state index in [4.69, 9.17) is 5.73 Å². The molecule has 1 amide bonds. The fourth-order valence-corrected chi connectivity index (χ4v) is 1.17. The van der Waals surface area contributed by atoms with Crippen LogP contribution in [0.5, 0.6) is 0 Å². The Kier molecular flexibility index (Phi) is 4.55. The third kappa shape index (κ3) is 3.85. The van der Waals surface area contributed by atoms with Gasteiger partial charge >= 0.3 is 0 Å². The summed E-state index contributed by atoms with van der Waals surface area (Å²) >= 11 is 3.21. The summed E-state index contributed by atoms with van der Waals surface area (Å²) in [5.41, 5.74) is 6.00. The predicted octanol–water partition coefficient (Wildman–Crippen LogP) is 1.52. The summed E-state index contributed by atoms with van der Waals surface area (Å²) in [6.07, 6.45) is 2.76. The van der Waals surface area contributed by atoms with Crippen molar-refractivity contribution in [3.05, 3.63) is 22.9 Å². The fraction of sp³-hybridized carbons (Fsp3) is 0.333. The minimum Gasteiger partial charge on any atom is -0.330 e. The largest absolute Gasteiger partial charge is 0.330 e. The molecule has 1 rings (SSSR count). The Morgan fingerprint density at radius 1 is 1.57 bits per heavy atom. The zero-order valence-electron chi connectivity index (χ0n) is 7.66. The topological polar surface area (TPSA) is 68.0 Å². The van der Waals surface area contributed by atoms with Crippen LogP contribution in [0.15, 0.2) is 22.9 Å². The van der Waals surface area contributed by atoms with Crippen LogP contribution in [0.4, 0.5) is 5.69 Å². The highest BCUT2D eigenvalue weighted by Crippen LogP contribution is 2.10. The number of aromatic nitrogens is 1. The van der Waals surface area contributed by atoms with Crippen LogP contribution in [-0.2, 0) is 4.79 Å². The van der Waals surface area contributed by atoms with Gasteiger partial charge in [-0.25, -0.2) is 4.98 Å². The van der Waals surface area contributed by atoms with Crippen molar-refractivity contribution in [2.24, 2.45) is 5.73 Å². The lowest BCUT2D eigenvalue weighted by Crippen LogP contribution is -2.13. The van der Waals surface area contributed by atoms with Crippen LogP contribution in [0.3, 0.4) is 0 Å². The molecule has 0 radical (unpaired) electrons. The Morgan fingerprint density at radius 3 is 2.93 bits per heavy atom. The highest BCUT2D eigenvalue weighted by Gasteiger charge is 2.01. The molecule has 5 heteroatoms. The fourth-order valence-electron chi connectivity index (χ4n) is 0.936. The maximum Gasteiger partial charge on any atom is 0.224 e. The second-order valence-electron chi connectivity index (χ2n) is 2.81. The molecule has 0 saturated carbocycles. The highest BCUT2D eigenvalue weighted by atomic mass is 79.9. The van der Waals surface area contributed by atoms with E-state index in [9.17, 15) is 4.79 Å². The standard InChI is InChI=1S/C9H12BrN3O/c10-8-4-3-7(6-12-8)13-9(14)2-1-5-11/h3-4,6H,1-2,5,11H2,(H,13,14). The minimum atomic E-state index is -0.0282. The van der Waals surface area contributed by atoms with Gasteiger partial charge in [-0.2, -0.15) is 0 Å².